The van der Waals surface area contributed by atoms with Crippen molar-refractivity contribution in [3.05, 3.63) is 47.5 Å². The first kappa shape index (κ1) is 13.3. The second kappa shape index (κ2) is 5.35. The summed E-state index contributed by atoms with van der Waals surface area (Å²) < 4.78 is 3.54. The van der Waals surface area contributed by atoms with E-state index < -0.39 is 0 Å². The topological polar surface area (TPSA) is 73.5 Å². The fourth-order valence-electron chi connectivity index (χ4n) is 2.24. The molecule has 108 valence electrons. The zero-order chi connectivity index (χ0) is 14.8. The maximum Gasteiger partial charge on any atom is 0.153 e. The van der Waals surface area contributed by atoms with Crippen LogP contribution in [-0.4, -0.2) is 30.0 Å². The van der Waals surface area contributed by atoms with Crippen molar-refractivity contribution in [2.45, 2.75) is 20.4 Å². The number of aryl methyl sites for hydroxylation is 3. The van der Waals surface area contributed by atoms with E-state index in [0.29, 0.717) is 0 Å². The normalized spacial score (nSPS) is 10.8. The lowest BCUT2D eigenvalue weighted by molar-refractivity contribution is 0.756. The molecule has 0 atom stereocenters. The molecule has 0 aliphatic heterocycles. The van der Waals surface area contributed by atoms with Gasteiger partial charge in [0.05, 0.1) is 11.4 Å². The van der Waals surface area contributed by atoms with Crippen LogP contribution in [0.4, 0.5) is 5.69 Å². The molecular formula is C14H17N7. The highest BCUT2D eigenvalue weighted by Gasteiger charge is 2.05. The standard InChI is InChI=1S/C14H17N7/c1-10-12(9-20(3)17-10)8-15-13-5-4-6-14(7-13)21-11(2)16-18-19-21/h4-7,9,15H,8H2,1-3H3. The van der Waals surface area contributed by atoms with Gasteiger partial charge in [-0.3, -0.25) is 4.68 Å². The van der Waals surface area contributed by atoms with Gasteiger partial charge in [-0.2, -0.15) is 9.78 Å². The van der Waals surface area contributed by atoms with Gasteiger partial charge in [-0.25, -0.2) is 0 Å². The SMILES string of the molecule is Cc1nn(C)cc1CNc1cccc(-n2nnnc2C)c1. The van der Waals surface area contributed by atoms with Crippen molar-refractivity contribution in [1.29, 1.82) is 0 Å². The maximum atomic E-state index is 4.34. The minimum Gasteiger partial charge on any atom is -0.381 e. The van der Waals surface area contributed by atoms with Crippen molar-refractivity contribution in [2.24, 2.45) is 7.05 Å². The van der Waals surface area contributed by atoms with Crippen LogP contribution in [0, 0.1) is 13.8 Å². The first-order valence-corrected chi connectivity index (χ1v) is 6.72. The number of rotatable bonds is 4. The summed E-state index contributed by atoms with van der Waals surface area (Å²) >= 11 is 0. The van der Waals surface area contributed by atoms with Gasteiger partial charge in [0.25, 0.3) is 0 Å². The van der Waals surface area contributed by atoms with Gasteiger partial charge in [0, 0.05) is 31.0 Å². The predicted molar refractivity (Wildman–Crippen MR) is 79.2 cm³/mol. The summed E-state index contributed by atoms with van der Waals surface area (Å²) in [5, 5.41) is 19.3. The highest BCUT2D eigenvalue weighted by molar-refractivity contribution is 5.51. The van der Waals surface area contributed by atoms with Crippen molar-refractivity contribution in [3.63, 3.8) is 0 Å². The van der Waals surface area contributed by atoms with E-state index in [9.17, 15) is 0 Å². The highest BCUT2D eigenvalue weighted by Crippen LogP contribution is 2.16. The van der Waals surface area contributed by atoms with Gasteiger partial charge in [-0.15, -0.1) is 5.10 Å². The molecule has 0 spiro atoms. The predicted octanol–water partition coefficient (Wildman–Crippen LogP) is 1.62. The zero-order valence-corrected chi connectivity index (χ0v) is 12.3. The monoisotopic (exact) mass is 283 g/mol. The molecule has 0 bridgehead atoms. The Morgan fingerprint density at radius 1 is 1.24 bits per heavy atom. The summed E-state index contributed by atoms with van der Waals surface area (Å²) in [4.78, 5) is 0. The van der Waals surface area contributed by atoms with Gasteiger partial charge in [-0.1, -0.05) is 6.07 Å². The van der Waals surface area contributed by atoms with Crippen molar-refractivity contribution in [2.75, 3.05) is 5.32 Å². The van der Waals surface area contributed by atoms with Crippen LogP contribution >= 0.6 is 0 Å². The second-order valence-corrected chi connectivity index (χ2v) is 4.96. The van der Waals surface area contributed by atoms with Gasteiger partial charge in [0.15, 0.2) is 5.82 Å². The fraction of sp³-hybridized carbons (Fsp3) is 0.286. The Labute approximate surface area is 122 Å². The number of benzene rings is 1. The van der Waals surface area contributed by atoms with Crippen LogP contribution in [0.3, 0.4) is 0 Å². The molecule has 7 nitrogen and oxygen atoms in total. The van der Waals surface area contributed by atoms with Crippen LogP contribution in [0.2, 0.25) is 0 Å². The van der Waals surface area contributed by atoms with Gasteiger partial charge >= 0.3 is 0 Å². The zero-order valence-electron chi connectivity index (χ0n) is 12.3. The lowest BCUT2D eigenvalue weighted by atomic mass is 10.2. The molecule has 0 saturated heterocycles. The van der Waals surface area contributed by atoms with E-state index in [0.717, 1.165) is 29.4 Å². The Kier molecular flexibility index (Phi) is 3.39. The molecule has 3 rings (SSSR count). The van der Waals surface area contributed by atoms with Crippen molar-refractivity contribution < 1.29 is 0 Å². The first-order chi connectivity index (χ1) is 10.1. The van der Waals surface area contributed by atoms with E-state index in [2.05, 4.69) is 25.9 Å². The molecular weight excluding hydrogens is 266 g/mol. The van der Waals surface area contributed by atoms with Crippen molar-refractivity contribution in [1.82, 2.24) is 30.0 Å². The Morgan fingerprint density at radius 3 is 2.76 bits per heavy atom. The molecule has 7 heteroatoms. The Hall–Kier alpha value is -2.70. The number of nitrogens with one attached hydrogen (secondary N) is 1. The second-order valence-electron chi connectivity index (χ2n) is 4.96. The van der Waals surface area contributed by atoms with E-state index >= 15 is 0 Å². The number of hydrogen-bond donors (Lipinski definition) is 1. The number of tetrazole rings is 1. The van der Waals surface area contributed by atoms with E-state index in [4.69, 9.17) is 0 Å². The third-order valence-electron chi connectivity index (χ3n) is 3.31. The molecule has 1 aromatic carbocycles. The Bertz CT molecular complexity index is 756. The molecule has 0 fully saturated rings. The molecule has 2 heterocycles. The van der Waals surface area contributed by atoms with Crippen LogP contribution in [0.1, 0.15) is 17.1 Å². The molecule has 0 radical (unpaired) electrons. The third-order valence-corrected chi connectivity index (χ3v) is 3.31. The highest BCUT2D eigenvalue weighted by atomic mass is 15.5. The quantitative estimate of drug-likeness (QED) is 0.787. The maximum absolute atomic E-state index is 4.34. The summed E-state index contributed by atoms with van der Waals surface area (Å²) in [7, 11) is 1.93. The molecule has 21 heavy (non-hydrogen) atoms. The van der Waals surface area contributed by atoms with E-state index in [1.807, 2.05) is 56.0 Å². The van der Waals surface area contributed by atoms with E-state index in [1.165, 1.54) is 5.56 Å². The summed E-state index contributed by atoms with van der Waals surface area (Å²) in [5.74, 6) is 0.759. The van der Waals surface area contributed by atoms with Gasteiger partial charge in [0.1, 0.15) is 0 Å². The van der Waals surface area contributed by atoms with Crippen LogP contribution < -0.4 is 5.32 Å². The number of nitrogens with zero attached hydrogens (tertiary/aromatic N) is 6. The average Bonchev–Trinajstić information content (AvgIpc) is 3.02. The minimum atomic E-state index is 0.734. The number of hydrogen-bond acceptors (Lipinski definition) is 5. The van der Waals surface area contributed by atoms with Gasteiger partial charge in [0.2, 0.25) is 0 Å². The summed E-state index contributed by atoms with van der Waals surface area (Å²) in [6.45, 7) is 4.62. The molecule has 0 amide bonds. The van der Waals surface area contributed by atoms with E-state index in [-0.39, 0.29) is 0 Å². The fourth-order valence-corrected chi connectivity index (χ4v) is 2.24. The largest absolute Gasteiger partial charge is 0.381 e. The van der Waals surface area contributed by atoms with Crippen molar-refractivity contribution in [3.8, 4) is 5.69 Å². The lowest BCUT2D eigenvalue weighted by Crippen LogP contribution is -2.03. The van der Waals surface area contributed by atoms with Gasteiger partial charge in [-0.05, 0) is 42.5 Å². The van der Waals surface area contributed by atoms with Crippen LogP contribution in [0.15, 0.2) is 30.5 Å². The summed E-state index contributed by atoms with van der Waals surface area (Å²) in [5.41, 5.74) is 4.18. The van der Waals surface area contributed by atoms with Gasteiger partial charge < -0.3 is 5.32 Å². The summed E-state index contributed by atoms with van der Waals surface area (Å²) in [6.07, 6.45) is 2.03. The molecule has 2 aromatic heterocycles. The Morgan fingerprint density at radius 2 is 2.10 bits per heavy atom. The molecule has 3 aromatic rings. The summed E-state index contributed by atoms with van der Waals surface area (Å²) in [6, 6.07) is 8.00. The minimum absolute atomic E-state index is 0.734. The Balaban J connectivity index is 1.78. The third kappa shape index (κ3) is 2.76. The molecule has 1 N–H and O–H groups in total. The first-order valence-electron chi connectivity index (χ1n) is 6.72. The van der Waals surface area contributed by atoms with Crippen LogP contribution in [0.5, 0.6) is 0 Å². The number of anilines is 1. The van der Waals surface area contributed by atoms with Crippen molar-refractivity contribution >= 4 is 5.69 Å². The average molecular weight is 283 g/mol. The van der Waals surface area contributed by atoms with Crippen LogP contribution in [-0.2, 0) is 13.6 Å². The molecule has 0 aliphatic carbocycles. The smallest absolute Gasteiger partial charge is 0.153 e. The molecule has 0 aliphatic rings. The number of aromatic nitrogens is 6. The molecule has 0 saturated carbocycles. The molecule has 0 unspecified atom stereocenters. The van der Waals surface area contributed by atoms with E-state index in [1.54, 1.807) is 4.68 Å². The van der Waals surface area contributed by atoms with Crippen LogP contribution in [0.25, 0.3) is 5.69 Å². The lowest BCUT2D eigenvalue weighted by Gasteiger charge is -2.08.